The lowest BCUT2D eigenvalue weighted by molar-refractivity contribution is -0.139. The van der Waals surface area contributed by atoms with Crippen LogP contribution in [0.3, 0.4) is 0 Å². The van der Waals surface area contributed by atoms with Crippen LogP contribution in [-0.2, 0) is 16.6 Å². The van der Waals surface area contributed by atoms with Crippen LogP contribution < -0.4 is 4.74 Å². The van der Waals surface area contributed by atoms with Crippen molar-refractivity contribution >= 4 is 40.0 Å². The summed E-state index contributed by atoms with van der Waals surface area (Å²) in [7, 11) is 3.43. The van der Waals surface area contributed by atoms with Crippen LogP contribution >= 0.6 is 11.6 Å². The van der Waals surface area contributed by atoms with E-state index in [2.05, 4.69) is 0 Å². The van der Waals surface area contributed by atoms with Crippen molar-refractivity contribution in [1.82, 2.24) is 9.47 Å². The van der Waals surface area contributed by atoms with Crippen molar-refractivity contribution in [3.63, 3.8) is 0 Å². The summed E-state index contributed by atoms with van der Waals surface area (Å²) in [4.78, 5) is 27.8. The smallest absolute Gasteiger partial charge is 0.295 e. The summed E-state index contributed by atoms with van der Waals surface area (Å²) in [6.45, 7) is 2.44. The minimum Gasteiger partial charge on any atom is -0.507 e. The Balaban J connectivity index is 1.98. The second-order valence-corrected chi connectivity index (χ2v) is 8.31. The van der Waals surface area contributed by atoms with Crippen LogP contribution in [0.1, 0.15) is 36.9 Å². The van der Waals surface area contributed by atoms with Crippen molar-refractivity contribution in [2.24, 2.45) is 7.05 Å². The van der Waals surface area contributed by atoms with E-state index in [1.807, 2.05) is 49.0 Å². The molecule has 2 aromatic carbocycles. The standard InChI is InChI=1S/C25H25ClN2O4/c1-4-5-12-28-22(18-14-27(2)20-9-7-6-8-16(18)20)21(24(30)25(28)31)23(29)17-13-15(32-3)10-11-19(17)26/h6-11,13-14,22,29H,4-5,12H2,1-3H3/b23-21+. The van der Waals surface area contributed by atoms with Crippen LogP contribution in [0.2, 0.25) is 5.02 Å². The van der Waals surface area contributed by atoms with Gasteiger partial charge < -0.3 is 19.3 Å². The Labute approximate surface area is 191 Å². The highest BCUT2D eigenvalue weighted by atomic mass is 35.5. The van der Waals surface area contributed by atoms with Gasteiger partial charge in [0, 0.05) is 41.8 Å². The molecule has 0 spiro atoms. The fourth-order valence-electron chi connectivity index (χ4n) is 4.31. The lowest BCUT2D eigenvalue weighted by atomic mass is 9.94. The Hall–Kier alpha value is -3.25. The molecule has 0 aliphatic carbocycles. The van der Waals surface area contributed by atoms with Crippen molar-refractivity contribution in [1.29, 1.82) is 0 Å². The van der Waals surface area contributed by atoms with Gasteiger partial charge in [0.05, 0.1) is 23.7 Å². The molecule has 2 heterocycles. The number of aryl methyl sites for hydroxylation is 1. The number of Topliss-reactive ketones (excluding diaryl/α,β-unsaturated/α-hetero) is 1. The topological polar surface area (TPSA) is 71.8 Å². The molecule has 32 heavy (non-hydrogen) atoms. The maximum atomic E-state index is 13.2. The second-order valence-electron chi connectivity index (χ2n) is 7.90. The van der Waals surface area contributed by atoms with E-state index in [0.717, 1.165) is 29.3 Å². The molecule has 1 saturated heterocycles. The summed E-state index contributed by atoms with van der Waals surface area (Å²) in [5, 5.41) is 12.5. The average Bonchev–Trinajstić information content (AvgIpc) is 3.26. The number of carbonyl (C=O) groups is 2. The number of aliphatic hydroxyl groups is 1. The number of hydrogen-bond acceptors (Lipinski definition) is 4. The number of ketones is 1. The number of nitrogens with zero attached hydrogens (tertiary/aromatic N) is 2. The van der Waals surface area contributed by atoms with Gasteiger partial charge in [-0.2, -0.15) is 0 Å². The first-order valence-corrected chi connectivity index (χ1v) is 10.9. The molecular formula is C25H25ClN2O4. The second kappa shape index (κ2) is 8.71. The Morgan fingerprint density at radius 3 is 2.66 bits per heavy atom. The van der Waals surface area contributed by atoms with Crippen LogP contribution in [0.4, 0.5) is 0 Å². The first kappa shape index (κ1) is 22.0. The number of unbranched alkanes of at least 4 members (excludes halogenated alkanes) is 1. The molecule has 1 aromatic heterocycles. The van der Waals surface area contributed by atoms with Crippen molar-refractivity contribution < 1.29 is 19.4 Å². The van der Waals surface area contributed by atoms with E-state index in [0.29, 0.717) is 12.3 Å². The number of amides is 1. The van der Waals surface area contributed by atoms with Crippen LogP contribution in [0.15, 0.2) is 54.2 Å². The van der Waals surface area contributed by atoms with Gasteiger partial charge in [-0.3, -0.25) is 9.59 Å². The molecule has 1 N–H and O–H groups in total. The molecule has 1 amide bonds. The zero-order valence-corrected chi connectivity index (χ0v) is 19.0. The molecule has 0 saturated carbocycles. The highest BCUT2D eigenvalue weighted by molar-refractivity contribution is 6.47. The third kappa shape index (κ3) is 3.54. The number of aliphatic hydroxyl groups excluding tert-OH is 1. The summed E-state index contributed by atoms with van der Waals surface area (Å²) in [6, 6.07) is 11.9. The van der Waals surface area contributed by atoms with Crippen molar-refractivity contribution in [2.45, 2.75) is 25.8 Å². The number of methoxy groups -OCH3 is 1. The third-order valence-electron chi connectivity index (χ3n) is 5.94. The Bertz CT molecular complexity index is 1240. The van der Waals surface area contributed by atoms with Gasteiger partial charge in [-0.1, -0.05) is 43.1 Å². The minimum absolute atomic E-state index is 0.0395. The van der Waals surface area contributed by atoms with Gasteiger partial charge in [0.2, 0.25) is 0 Å². The number of fused-ring (bicyclic) bond motifs is 1. The fourth-order valence-corrected chi connectivity index (χ4v) is 4.52. The molecule has 1 atom stereocenters. The zero-order valence-electron chi connectivity index (χ0n) is 18.3. The number of hydrogen-bond donors (Lipinski definition) is 1. The molecule has 4 rings (SSSR count). The molecule has 0 radical (unpaired) electrons. The first-order chi connectivity index (χ1) is 15.4. The van der Waals surface area contributed by atoms with E-state index < -0.39 is 17.7 Å². The molecule has 166 valence electrons. The maximum absolute atomic E-state index is 13.2. The number of benzene rings is 2. The molecule has 1 unspecified atom stereocenters. The summed E-state index contributed by atoms with van der Waals surface area (Å²) < 4.78 is 7.22. The Kier molecular flexibility index (Phi) is 5.98. The number of carbonyl (C=O) groups excluding carboxylic acids is 2. The normalized spacial score (nSPS) is 18.0. The summed E-state index contributed by atoms with van der Waals surface area (Å²) in [5.41, 5.74) is 2.06. The van der Waals surface area contributed by atoms with Crippen molar-refractivity contribution in [3.8, 4) is 5.75 Å². The summed E-state index contributed by atoms with van der Waals surface area (Å²) in [6.07, 6.45) is 3.53. The average molecular weight is 453 g/mol. The van der Waals surface area contributed by atoms with E-state index in [1.54, 1.807) is 23.1 Å². The van der Waals surface area contributed by atoms with E-state index in [-0.39, 0.29) is 21.9 Å². The highest BCUT2D eigenvalue weighted by Gasteiger charge is 2.46. The van der Waals surface area contributed by atoms with E-state index in [4.69, 9.17) is 16.3 Å². The molecule has 1 fully saturated rings. The molecule has 1 aliphatic rings. The lowest BCUT2D eigenvalue weighted by Crippen LogP contribution is -2.30. The van der Waals surface area contributed by atoms with E-state index in [9.17, 15) is 14.7 Å². The van der Waals surface area contributed by atoms with Gasteiger partial charge in [0.25, 0.3) is 11.7 Å². The summed E-state index contributed by atoms with van der Waals surface area (Å²) in [5.74, 6) is -1.14. The number of ether oxygens (including phenoxy) is 1. The quantitative estimate of drug-likeness (QED) is 0.322. The molecule has 1 aliphatic heterocycles. The van der Waals surface area contributed by atoms with Crippen LogP contribution in [0.5, 0.6) is 5.75 Å². The lowest BCUT2D eigenvalue weighted by Gasteiger charge is -2.25. The van der Waals surface area contributed by atoms with Gasteiger partial charge in [-0.25, -0.2) is 0 Å². The first-order valence-electron chi connectivity index (χ1n) is 10.5. The Morgan fingerprint density at radius 2 is 1.94 bits per heavy atom. The minimum atomic E-state index is -0.713. The molecule has 3 aromatic rings. The van der Waals surface area contributed by atoms with Crippen molar-refractivity contribution in [3.05, 3.63) is 70.4 Å². The largest absolute Gasteiger partial charge is 0.507 e. The highest BCUT2D eigenvalue weighted by Crippen LogP contribution is 2.43. The van der Waals surface area contributed by atoms with Crippen LogP contribution in [0, 0.1) is 0 Å². The van der Waals surface area contributed by atoms with E-state index >= 15 is 0 Å². The van der Waals surface area contributed by atoms with Crippen LogP contribution in [0.25, 0.3) is 16.7 Å². The van der Waals surface area contributed by atoms with Crippen LogP contribution in [-0.4, -0.2) is 39.9 Å². The van der Waals surface area contributed by atoms with Gasteiger partial charge in [0.1, 0.15) is 11.5 Å². The van der Waals surface area contributed by atoms with Gasteiger partial charge >= 0.3 is 0 Å². The van der Waals surface area contributed by atoms with E-state index in [1.165, 1.54) is 7.11 Å². The zero-order chi connectivity index (χ0) is 23.0. The SMILES string of the molecule is CCCCN1C(=O)C(=O)/C(=C(/O)c2cc(OC)ccc2Cl)C1c1cn(C)c2ccccc12. The van der Waals surface area contributed by atoms with Gasteiger partial charge in [-0.05, 0) is 30.7 Å². The number of aromatic nitrogens is 1. The predicted octanol–water partition coefficient (Wildman–Crippen LogP) is 5.06. The Morgan fingerprint density at radius 1 is 1.19 bits per heavy atom. The number of para-hydroxylation sites is 1. The van der Waals surface area contributed by atoms with Gasteiger partial charge in [0.15, 0.2) is 0 Å². The summed E-state index contributed by atoms with van der Waals surface area (Å²) >= 11 is 6.36. The monoisotopic (exact) mass is 452 g/mol. The molecule has 6 nitrogen and oxygen atoms in total. The molecule has 7 heteroatoms. The maximum Gasteiger partial charge on any atom is 0.295 e. The predicted molar refractivity (Wildman–Crippen MR) is 125 cm³/mol. The van der Waals surface area contributed by atoms with Gasteiger partial charge in [-0.15, -0.1) is 0 Å². The number of likely N-dealkylation sites (tertiary alicyclic amines) is 1. The molecule has 0 bridgehead atoms. The fraction of sp³-hybridized carbons (Fsp3) is 0.280. The van der Waals surface area contributed by atoms with Crippen molar-refractivity contribution in [2.75, 3.05) is 13.7 Å². The molecular weight excluding hydrogens is 428 g/mol. The third-order valence-corrected chi connectivity index (χ3v) is 6.27. The number of rotatable bonds is 6. The number of halogens is 1.